The van der Waals surface area contributed by atoms with E-state index < -0.39 is 0 Å². The molecule has 0 saturated carbocycles. The van der Waals surface area contributed by atoms with Crippen LogP contribution in [-0.2, 0) is 0 Å². The summed E-state index contributed by atoms with van der Waals surface area (Å²) < 4.78 is 7.13. The standard InChI is InChI=1S/C18H20N6O2/c1-13-3-7-16(8-4-13)26-10-9-19-18(25)21-15-6-5-14(2)17(11-15)24-12-20-22-23-24/h3-8,11-12H,9-10H2,1-2H3,(H2,19,21,25). The van der Waals surface area contributed by atoms with Crippen LogP contribution >= 0.6 is 0 Å². The van der Waals surface area contributed by atoms with Crippen LogP contribution in [0.5, 0.6) is 5.75 Å². The zero-order valence-corrected chi connectivity index (χ0v) is 14.6. The van der Waals surface area contributed by atoms with Gasteiger partial charge < -0.3 is 15.4 Å². The lowest BCUT2D eigenvalue weighted by Gasteiger charge is -2.11. The number of rotatable bonds is 6. The van der Waals surface area contributed by atoms with E-state index >= 15 is 0 Å². The highest BCUT2D eigenvalue weighted by Crippen LogP contribution is 2.18. The second-order valence-corrected chi connectivity index (χ2v) is 5.80. The lowest BCUT2D eigenvalue weighted by molar-refractivity contribution is 0.247. The molecule has 134 valence electrons. The lowest BCUT2D eigenvalue weighted by atomic mass is 10.2. The average Bonchev–Trinajstić information content (AvgIpc) is 3.16. The first-order valence-corrected chi connectivity index (χ1v) is 8.20. The van der Waals surface area contributed by atoms with Crippen molar-refractivity contribution in [2.24, 2.45) is 0 Å². The van der Waals surface area contributed by atoms with Crippen molar-refractivity contribution in [2.75, 3.05) is 18.5 Å². The van der Waals surface area contributed by atoms with Crippen molar-refractivity contribution in [1.82, 2.24) is 25.5 Å². The molecule has 2 aromatic carbocycles. The molecule has 0 unspecified atom stereocenters. The quantitative estimate of drug-likeness (QED) is 0.665. The van der Waals surface area contributed by atoms with Gasteiger partial charge in [0.1, 0.15) is 18.7 Å². The molecule has 2 N–H and O–H groups in total. The molecular weight excluding hydrogens is 332 g/mol. The highest BCUT2D eigenvalue weighted by molar-refractivity contribution is 5.89. The minimum Gasteiger partial charge on any atom is -0.492 e. The van der Waals surface area contributed by atoms with Crippen LogP contribution in [0.2, 0.25) is 0 Å². The minimum atomic E-state index is -0.302. The smallest absolute Gasteiger partial charge is 0.319 e. The van der Waals surface area contributed by atoms with Gasteiger partial charge in [0.2, 0.25) is 0 Å². The summed E-state index contributed by atoms with van der Waals surface area (Å²) in [7, 11) is 0. The number of tetrazole rings is 1. The number of nitrogens with zero attached hydrogens (tertiary/aromatic N) is 4. The Hall–Kier alpha value is -3.42. The van der Waals surface area contributed by atoms with Crippen molar-refractivity contribution < 1.29 is 9.53 Å². The van der Waals surface area contributed by atoms with E-state index in [0.717, 1.165) is 17.0 Å². The molecule has 0 aliphatic carbocycles. The van der Waals surface area contributed by atoms with E-state index in [1.807, 2.05) is 56.3 Å². The number of nitrogens with one attached hydrogen (secondary N) is 2. The largest absolute Gasteiger partial charge is 0.492 e. The Morgan fingerprint density at radius 2 is 1.96 bits per heavy atom. The number of hydrogen-bond acceptors (Lipinski definition) is 5. The topological polar surface area (TPSA) is 94.0 Å². The Bertz CT molecular complexity index is 862. The maximum atomic E-state index is 12.0. The van der Waals surface area contributed by atoms with Crippen LogP contribution in [0, 0.1) is 13.8 Å². The lowest BCUT2D eigenvalue weighted by Crippen LogP contribution is -2.32. The van der Waals surface area contributed by atoms with Crippen LogP contribution in [0.1, 0.15) is 11.1 Å². The van der Waals surface area contributed by atoms with E-state index in [-0.39, 0.29) is 6.03 Å². The monoisotopic (exact) mass is 352 g/mol. The molecule has 0 atom stereocenters. The molecule has 1 heterocycles. The summed E-state index contributed by atoms with van der Waals surface area (Å²) in [5, 5.41) is 16.7. The molecule has 0 spiro atoms. The number of amides is 2. The van der Waals surface area contributed by atoms with Crippen LogP contribution in [0.25, 0.3) is 5.69 Å². The van der Waals surface area contributed by atoms with Crippen LogP contribution in [0.15, 0.2) is 48.8 Å². The molecule has 26 heavy (non-hydrogen) atoms. The number of urea groups is 1. The highest BCUT2D eigenvalue weighted by atomic mass is 16.5. The van der Waals surface area contributed by atoms with Crippen molar-refractivity contribution in [2.45, 2.75) is 13.8 Å². The van der Waals surface area contributed by atoms with Crippen LogP contribution < -0.4 is 15.4 Å². The van der Waals surface area contributed by atoms with Gasteiger partial charge >= 0.3 is 6.03 Å². The van der Waals surface area contributed by atoms with Gasteiger partial charge in [-0.05, 0) is 54.1 Å². The summed E-state index contributed by atoms with van der Waals surface area (Å²) in [4.78, 5) is 12.0. The summed E-state index contributed by atoms with van der Waals surface area (Å²) in [6, 6.07) is 13.0. The first-order chi connectivity index (χ1) is 12.6. The van der Waals surface area contributed by atoms with E-state index in [2.05, 4.69) is 26.2 Å². The van der Waals surface area contributed by atoms with E-state index in [1.54, 1.807) is 4.68 Å². The Morgan fingerprint density at radius 1 is 1.15 bits per heavy atom. The van der Waals surface area contributed by atoms with Crippen LogP contribution in [-0.4, -0.2) is 39.4 Å². The third-order valence-electron chi connectivity index (χ3n) is 3.74. The Kier molecular flexibility index (Phi) is 5.43. The van der Waals surface area contributed by atoms with Gasteiger partial charge in [-0.15, -0.1) is 5.10 Å². The van der Waals surface area contributed by atoms with Crippen molar-refractivity contribution in [3.63, 3.8) is 0 Å². The zero-order valence-electron chi connectivity index (χ0n) is 14.6. The van der Waals surface area contributed by atoms with Gasteiger partial charge in [0.05, 0.1) is 12.2 Å². The number of carbonyl (C=O) groups excluding carboxylic acids is 1. The van der Waals surface area contributed by atoms with Gasteiger partial charge in [-0.25, -0.2) is 9.48 Å². The Labute approximate surface area is 151 Å². The van der Waals surface area contributed by atoms with Crippen molar-refractivity contribution in [3.05, 3.63) is 59.9 Å². The molecule has 0 fully saturated rings. The van der Waals surface area contributed by atoms with Gasteiger partial charge in [0, 0.05) is 5.69 Å². The fourth-order valence-corrected chi connectivity index (χ4v) is 2.35. The Morgan fingerprint density at radius 3 is 2.69 bits per heavy atom. The SMILES string of the molecule is Cc1ccc(OCCNC(=O)Nc2ccc(C)c(-n3cnnn3)c2)cc1. The maximum absolute atomic E-state index is 12.0. The molecule has 0 radical (unpaired) electrons. The molecule has 0 saturated heterocycles. The van der Waals surface area contributed by atoms with Gasteiger partial charge in [0.25, 0.3) is 0 Å². The average molecular weight is 352 g/mol. The molecule has 2 amide bonds. The summed E-state index contributed by atoms with van der Waals surface area (Å²) in [5.41, 5.74) is 3.62. The molecular formula is C18H20N6O2. The molecule has 0 bridgehead atoms. The molecule has 0 aliphatic rings. The first-order valence-electron chi connectivity index (χ1n) is 8.20. The van der Waals surface area contributed by atoms with E-state index in [0.29, 0.717) is 18.8 Å². The normalized spacial score (nSPS) is 10.4. The fourth-order valence-electron chi connectivity index (χ4n) is 2.35. The molecule has 3 rings (SSSR count). The maximum Gasteiger partial charge on any atom is 0.319 e. The highest BCUT2D eigenvalue weighted by Gasteiger charge is 2.07. The Balaban J connectivity index is 1.49. The van der Waals surface area contributed by atoms with Gasteiger partial charge in [-0.3, -0.25) is 0 Å². The number of hydrogen-bond donors (Lipinski definition) is 2. The van der Waals surface area contributed by atoms with Crippen molar-refractivity contribution in [1.29, 1.82) is 0 Å². The summed E-state index contributed by atoms with van der Waals surface area (Å²) in [6.45, 7) is 4.75. The number of anilines is 1. The number of aromatic nitrogens is 4. The molecule has 0 aliphatic heterocycles. The number of ether oxygens (including phenoxy) is 1. The number of benzene rings is 2. The second-order valence-electron chi connectivity index (χ2n) is 5.80. The van der Waals surface area contributed by atoms with E-state index in [4.69, 9.17) is 4.74 Å². The third kappa shape index (κ3) is 4.56. The third-order valence-corrected chi connectivity index (χ3v) is 3.74. The zero-order chi connectivity index (χ0) is 18.4. The predicted octanol–water partition coefficient (Wildman–Crippen LogP) is 2.48. The van der Waals surface area contributed by atoms with Crippen LogP contribution in [0.4, 0.5) is 10.5 Å². The molecule has 8 nitrogen and oxygen atoms in total. The van der Waals surface area contributed by atoms with Gasteiger partial charge in [-0.1, -0.05) is 23.8 Å². The summed E-state index contributed by atoms with van der Waals surface area (Å²) >= 11 is 0. The predicted molar refractivity (Wildman–Crippen MR) is 97.6 cm³/mol. The fraction of sp³-hybridized carbons (Fsp3) is 0.222. The summed E-state index contributed by atoms with van der Waals surface area (Å²) in [6.07, 6.45) is 1.51. The molecule has 8 heteroatoms. The van der Waals surface area contributed by atoms with Crippen molar-refractivity contribution in [3.8, 4) is 11.4 Å². The van der Waals surface area contributed by atoms with Crippen molar-refractivity contribution >= 4 is 11.7 Å². The second kappa shape index (κ2) is 8.11. The van der Waals surface area contributed by atoms with Crippen LogP contribution in [0.3, 0.4) is 0 Å². The summed E-state index contributed by atoms with van der Waals surface area (Å²) in [5.74, 6) is 0.780. The number of aryl methyl sites for hydroxylation is 2. The molecule has 1 aromatic heterocycles. The van der Waals surface area contributed by atoms with Gasteiger partial charge in [-0.2, -0.15) is 0 Å². The van der Waals surface area contributed by atoms with Gasteiger partial charge in [0.15, 0.2) is 0 Å². The van der Waals surface area contributed by atoms with E-state index in [9.17, 15) is 4.79 Å². The van der Waals surface area contributed by atoms with E-state index in [1.165, 1.54) is 11.9 Å². The first kappa shape index (κ1) is 17.4. The minimum absolute atomic E-state index is 0.302. The molecule has 3 aromatic rings. The number of carbonyl (C=O) groups is 1.